The number of carboxylic acid groups (broad SMARTS) is 1. The normalized spacial score (nSPS) is 14.6. The summed E-state index contributed by atoms with van der Waals surface area (Å²) >= 11 is 6.06. The lowest BCUT2D eigenvalue weighted by Gasteiger charge is -2.24. The number of amides is 3. The van der Waals surface area contributed by atoms with E-state index in [4.69, 9.17) is 27.8 Å². The van der Waals surface area contributed by atoms with Crippen LogP contribution in [0.3, 0.4) is 0 Å². The average molecular weight is 499 g/mol. The highest BCUT2D eigenvalue weighted by atomic mass is 35.5. The molecule has 0 heterocycles. The van der Waals surface area contributed by atoms with Crippen LogP contribution in [0.4, 0.5) is 0 Å². The molecular weight excluding hydrogens is 464 g/mol. The van der Waals surface area contributed by atoms with Gasteiger partial charge in [-0.15, -0.1) is 0 Å². The summed E-state index contributed by atoms with van der Waals surface area (Å²) in [4.78, 5) is 48.8. The van der Waals surface area contributed by atoms with E-state index in [1.165, 1.54) is 18.2 Å². The largest absolute Gasteiger partial charge is 0.491 e. The highest BCUT2D eigenvalue weighted by Gasteiger charge is 2.30. The molecule has 7 N–H and O–H groups in total. The lowest BCUT2D eigenvalue weighted by molar-refractivity contribution is -0.143. The SMILES string of the molecule is CC[C@H](C)[C@H](NC(=O)[C@H](CCC(N)=O)NC(=O)c1ccc(Cl)cc1OC[C@H](N)C(C)C)C(=O)O. The predicted octanol–water partition coefficient (Wildman–Crippen LogP) is 1.68. The van der Waals surface area contributed by atoms with Crippen molar-refractivity contribution in [1.29, 1.82) is 0 Å². The highest BCUT2D eigenvalue weighted by molar-refractivity contribution is 6.30. The highest BCUT2D eigenvalue weighted by Crippen LogP contribution is 2.24. The third-order valence-corrected chi connectivity index (χ3v) is 5.79. The van der Waals surface area contributed by atoms with Gasteiger partial charge in [0.2, 0.25) is 11.8 Å². The molecule has 0 unspecified atom stereocenters. The van der Waals surface area contributed by atoms with Gasteiger partial charge < -0.3 is 31.9 Å². The minimum atomic E-state index is -1.20. The molecule has 0 bridgehead atoms. The third-order valence-electron chi connectivity index (χ3n) is 5.55. The van der Waals surface area contributed by atoms with Gasteiger partial charge in [0.05, 0.1) is 5.56 Å². The molecule has 0 aliphatic carbocycles. The molecule has 10 nitrogen and oxygen atoms in total. The molecule has 0 aliphatic heterocycles. The van der Waals surface area contributed by atoms with Gasteiger partial charge in [0.1, 0.15) is 24.4 Å². The summed E-state index contributed by atoms with van der Waals surface area (Å²) in [7, 11) is 0. The summed E-state index contributed by atoms with van der Waals surface area (Å²) in [6.45, 7) is 7.50. The second kappa shape index (κ2) is 13.8. The number of carboxylic acids is 1. The van der Waals surface area contributed by atoms with Crippen LogP contribution >= 0.6 is 11.6 Å². The van der Waals surface area contributed by atoms with E-state index >= 15 is 0 Å². The fourth-order valence-electron chi connectivity index (χ4n) is 2.91. The Labute approximate surface area is 204 Å². The van der Waals surface area contributed by atoms with Crippen molar-refractivity contribution in [2.45, 2.75) is 65.1 Å². The molecule has 0 saturated heterocycles. The minimum absolute atomic E-state index is 0.106. The molecule has 0 spiro atoms. The number of nitrogens with two attached hydrogens (primary N) is 2. The van der Waals surface area contributed by atoms with Gasteiger partial charge in [-0.1, -0.05) is 45.7 Å². The number of carbonyl (C=O) groups excluding carboxylic acids is 3. The number of halogens is 1. The van der Waals surface area contributed by atoms with Crippen LogP contribution in [0.25, 0.3) is 0 Å². The van der Waals surface area contributed by atoms with Crippen LogP contribution in [0.15, 0.2) is 18.2 Å². The maximum Gasteiger partial charge on any atom is 0.326 e. The van der Waals surface area contributed by atoms with Crippen molar-refractivity contribution in [3.05, 3.63) is 28.8 Å². The number of carbonyl (C=O) groups is 4. The zero-order valence-electron chi connectivity index (χ0n) is 20.0. The van der Waals surface area contributed by atoms with Crippen molar-refractivity contribution < 1.29 is 29.0 Å². The first-order valence-corrected chi connectivity index (χ1v) is 11.5. The lowest BCUT2D eigenvalue weighted by atomic mass is 9.98. The minimum Gasteiger partial charge on any atom is -0.491 e. The van der Waals surface area contributed by atoms with Gasteiger partial charge in [0.25, 0.3) is 5.91 Å². The summed E-state index contributed by atoms with van der Waals surface area (Å²) in [6, 6.07) is 1.76. The van der Waals surface area contributed by atoms with Crippen molar-refractivity contribution in [1.82, 2.24) is 10.6 Å². The van der Waals surface area contributed by atoms with E-state index in [0.29, 0.717) is 11.4 Å². The summed E-state index contributed by atoms with van der Waals surface area (Å²) in [5.74, 6) is -3.29. The lowest BCUT2D eigenvalue weighted by Crippen LogP contribution is -2.53. The van der Waals surface area contributed by atoms with Crippen molar-refractivity contribution >= 4 is 35.3 Å². The van der Waals surface area contributed by atoms with E-state index in [1.807, 2.05) is 13.8 Å². The molecular formula is C23H35ClN4O6. The number of aliphatic carboxylic acids is 1. The maximum absolute atomic E-state index is 13.0. The third kappa shape index (κ3) is 9.18. The molecule has 1 rings (SSSR count). The zero-order chi connectivity index (χ0) is 26.0. The topological polar surface area (TPSA) is 174 Å². The van der Waals surface area contributed by atoms with Crippen LogP contribution in [-0.2, 0) is 14.4 Å². The van der Waals surface area contributed by atoms with Crippen molar-refractivity contribution in [2.75, 3.05) is 6.61 Å². The Hall–Kier alpha value is -2.85. The molecule has 0 saturated carbocycles. The molecule has 0 radical (unpaired) electrons. The molecule has 34 heavy (non-hydrogen) atoms. The predicted molar refractivity (Wildman–Crippen MR) is 128 cm³/mol. The number of nitrogens with one attached hydrogen (secondary N) is 2. The van der Waals surface area contributed by atoms with Gasteiger partial charge in [-0.05, 0) is 36.5 Å². The molecule has 3 amide bonds. The van der Waals surface area contributed by atoms with E-state index in [0.717, 1.165) is 0 Å². The van der Waals surface area contributed by atoms with Crippen molar-refractivity contribution in [3.63, 3.8) is 0 Å². The van der Waals surface area contributed by atoms with E-state index in [-0.39, 0.29) is 48.6 Å². The van der Waals surface area contributed by atoms with Crippen LogP contribution < -0.4 is 26.8 Å². The second-order valence-electron chi connectivity index (χ2n) is 8.60. The Morgan fingerprint density at radius 3 is 2.32 bits per heavy atom. The van der Waals surface area contributed by atoms with Gasteiger partial charge in [0.15, 0.2) is 0 Å². The van der Waals surface area contributed by atoms with Crippen molar-refractivity contribution in [2.24, 2.45) is 23.3 Å². The van der Waals surface area contributed by atoms with Crippen LogP contribution in [0.5, 0.6) is 5.75 Å². The first kappa shape index (κ1) is 29.2. The molecule has 0 fully saturated rings. The number of hydrogen-bond donors (Lipinski definition) is 5. The second-order valence-corrected chi connectivity index (χ2v) is 9.04. The van der Waals surface area contributed by atoms with E-state index < -0.39 is 35.8 Å². The Balaban J connectivity index is 3.12. The average Bonchev–Trinajstić information content (AvgIpc) is 2.77. The number of hydrogen-bond acceptors (Lipinski definition) is 6. The molecule has 1 aromatic rings. The Kier molecular flexibility index (Phi) is 11.8. The van der Waals surface area contributed by atoms with Crippen molar-refractivity contribution in [3.8, 4) is 5.75 Å². The molecule has 11 heteroatoms. The number of rotatable bonds is 14. The van der Waals surface area contributed by atoms with Gasteiger partial charge >= 0.3 is 5.97 Å². The van der Waals surface area contributed by atoms with Gasteiger partial charge in [0, 0.05) is 17.5 Å². The smallest absolute Gasteiger partial charge is 0.326 e. The van der Waals surface area contributed by atoms with Crippen LogP contribution in [-0.4, -0.2) is 53.5 Å². The first-order chi connectivity index (χ1) is 15.9. The van der Waals surface area contributed by atoms with E-state index in [1.54, 1.807) is 13.8 Å². The number of primary amides is 1. The van der Waals surface area contributed by atoms with Gasteiger partial charge in [-0.2, -0.15) is 0 Å². The van der Waals surface area contributed by atoms with Crippen LogP contribution in [0.2, 0.25) is 5.02 Å². The van der Waals surface area contributed by atoms with Crippen LogP contribution in [0, 0.1) is 11.8 Å². The van der Waals surface area contributed by atoms with Gasteiger partial charge in [-0.3, -0.25) is 14.4 Å². The molecule has 1 aromatic carbocycles. The quantitative estimate of drug-likeness (QED) is 0.259. The Morgan fingerprint density at radius 2 is 1.79 bits per heavy atom. The molecule has 4 atom stereocenters. The Bertz CT molecular complexity index is 879. The Morgan fingerprint density at radius 1 is 1.15 bits per heavy atom. The first-order valence-electron chi connectivity index (χ1n) is 11.2. The zero-order valence-corrected chi connectivity index (χ0v) is 20.7. The van der Waals surface area contributed by atoms with E-state index in [9.17, 15) is 24.3 Å². The summed E-state index contributed by atoms with van der Waals surface area (Å²) in [5.41, 5.74) is 11.3. The molecule has 190 valence electrons. The fourth-order valence-corrected chi connectivity index (χ4v) is 3.07. The summed E-state index contributed by atoms with van der Waals surface area (Å²) in [5, 5.41) is 14.8. The summed E-state index contributed by atoms with van der Waals surface area (Å²) < 4.78 is 5.72. The van der Waals surface area contributed by atoms with Crippen LogP contribution in [0.1, 0.15) is 57.3 Å². The monoisotopic (exact) mass is 498 g/mol. The fraction of sp³-hybridized carbons (Fsp3) is 0.565. The summed E-state index contributed by atoms with van der Waals surface area (Å²) in [6.07, 6.45) is 0.216. The standard InChI is InChI=1S/C23H35ClN4O6/c1-5-13(4)20(23(32)33)28-22(31)17(8-9-19(26)29)27-21(30)15-7-6-14(24)10-18(15)34-11-16(25)12(2)3/h6-7,10,12-13,16-17,20H,5,8-9,11,25H2,1-4H3,(H2,26,29)(H,27,30)(H,28,31)(H,32,33)/t13-,16-,17-,20-/m0/s1. The molecule has 0 aromatic heterocycles. The number of ether oxygens (including phenoxy) is 1. The maximum atomic E-state index is 13.0. The molecule has 0 aliphatic rings. The van der Waals surface area contributed by atoms with Gasteiger partial charge in [-0.25, -0.2) is 4.79 Å². The number of benzene rings is 1. The van der Waals surface area contributed by atoms with E-state index in [2.05, 4.69) is 10.6 Å².